The molecule has 1 aromatic heterocycles. The molecule has 28 heavy (non-hydrogen) atoms. The van der Waals surface area contributed by atoms with Gasteiger partial charge in [0.05, 0.1) is 30.6 Å². The van der Waals surface area contributed by atoms with Crippen molar-refractivity contribution in [2.24, 2.45) is 0 Å². The standard InChI is InChI=1S/C20H17ClFN3O3/c21-13-7-8-18(16(22)10-13)25-19(26)12-23-17-6-2-1-5-15(17)20(27)24-11-14-4-3-9-28-14/h1-10,23H,11-12H2,(H,24,27)(H,25,26). The molecule has 6 nitrogen and oxygen atoms in total. The van der Waals surface area contributed by atoms with Crippen LogP contribution < -0.4 is 16.0 Å². The van der Waals surface area contributed by atoms with Crippen molar-refractivity contribution in [3.8, 4) is 0 Å². The average molecular weight is 402 g/mol. The van der Waals surface area contributed by atoms with Gasteiger partial charge in [0.15, 0.2) is 0 Å². The second-order valence-corrected chi connectivity index (χ2v) is 6.27. The van der Waals surface area contributed by atoms with E-state index in [0.29, 0.717) is 17.0 Å². The van der Waals surface area contributed by atoms with Crippen LogP contribution in [0.4, 0.5) is 15.8 Å². The van der Waals surface area contributed by atoms with Crippen LogP contribution in [0.5, 0.6) is 0 Å². The normalized spacial score (nSPS) is 10.4. The maximum absolute atomic E-state index is 13.8. The molecule has 8 heteroatoms. The second kappa shape index (κ2) is 9.05. The van der Waals surface area contributed by atoms with E-state index in [1.807, 2.05) is 0 Å². The lowest BCUT2D eigenvalue weighted by Gasteiger charge is -2.12. The first-order chi connectivity index (χ1) is 13.5. The van der Waals surface area contributed by atoms with Crippen LogP contribution in [0, 0.1) is 5.82 Å². The molecule has 0 unspecified atom stereocenters. The van der Waals surface area contributed by atoms with Crippen LogP contribution >= 0.6 is 11.6 Å². The Bertz CT molecular complexity index is 977. The molecule has 3 rings (SSSR count). The number of para-hydroxylation sites is 1. The van der Waals surface area contributed by atoms with Crippen LogP contribution in [-0.4, -0.2) is 18.4 Å². The fraction of sp³-hybridized carbons (Fsp3) is 0.100. The summed E-state index contributed by atoms with van der Waals surface area (Å²) < 4.78 is 18.9. The Labute approximate surface area is 165 Å². The zero-order valence-electron chi connectivity index (χ0n) is 14.7. The third-order valence-electron chi connectivity index (χ3n) is 3.82. The average Bonchev–Trinajstić information content (AvgIpc) is 3.20. The van der Waals surface area contributed by atoms with Gasteiger partial charge in [0, 0.05) is 10.7 Å². The van der Waals surface area contributed by atoms with Gasteiger partial charge >= 0.3 is 0 Å². The maximum atomic E-state index is 13.8. The highest BCUT2D eigenvalue weighted by Crippen LogP contribution is 2.19. The largest absolute Gasteiger partial charge is 0.467 e. The SMILES string of the molecule is O=C(CNc1ccccc1C(=O)NCc1ccco1)Nc1ccc(Cl)cc1F. The Kier molecular flexibility index (Phi) is 6.29. The molecule has 2 aromatic carbocycles. The highest BCUT2D eigenvalue weighted by molar-refractivity contribution is 6.30. The molecule has 0 saturated carbocycles. The minimum absolute atomic E-state index is 0.0284. The predicted molar refractivity (Wildman–Crippen MR) is 105 cm³/mol. The number of rotatable bonds is 7. The summed E-state index contributed by atoms with van der Waals surface area (Å²) in [4.78, 5) is 24.5. The summed E-state index contributed by atoms with van der Waals surface area (Å²) in [6, 6.07) is 14.2. The minimum atomic E-state index is -0.626. The summed E-state index contributed by atoms with van der Waals surface area (Å²) in [5.41, 5.74) is 0.881. The molecule has 3 aromatic rings. The Balaban J connectivity index is 1.59. The van der Waals surface area contributed by atoms with E-state index in [0.717, 1.165) is 6.07 Å². The van der Waals surface area contributed by atoms with Crippen molar-refractivity contribution in [3.05, 3.63) is 83.0 Å². The maximum Gasteiger partial charge on any atom is 0.253 e. The summed E-state index contributed by atoms with van der Waals surface area (Å²) >= 11 is 5.69. The van der Waals surface area contributed by atoms with Gasteiger partial charge in [-0.25, -0.2) is 4.39 Å². The fourth-order valence-electron chi connectivity index (χ4n) is 2.47. The lowest BCUT2D eigenvalue weighted by Crippen LogP contribution is -2.26. The first-order valence-electron chi connectivity index (χ1n) is 8.41. The number of furan rings is 1. The molecule has 0 saturated heterocycles. The molecule has 0 fully saturated rings. The number of amides is 2. The monoisotopic (exact) mass is 401 g/mol. The van der Waals surface area contributed by atoms with E-state index >= 15 is 0 Å². The quantitative estimate of drug-likeness (QED) is 0.557. The zero-order valence-corrected chi connectivity index (χ0v) is 15.4. The Morgan fingerprint density at radius 1 is 1.04 bits per heavy atom. The summed E-state index contributed by atoms with van der Waals surface area (Å²) in [5.74, 6) is -0.780. The highest BCUT2D eigenvalue weighted by Gasteiger charge is 2.13. The molecule has 0 bridgehead atoms. The molecule has 2 amide bonds. The lowest BCUT2D eigenvalue weighted by atomic mass is 10.1. The topological polar surface area (TPSA) is 83.4 Å². The number of carbonyl (C=O) groups excluding carboxylic acids is 2. The number of hydrogen-bond acceptors (Lipinski definition) is 4. The van der Waals surface area contributed by atoms with Crippen molar-refractivity contribution in [2.75, 3.05) is 17.2 Å². The van der Waals surface area contributed by atoms with E-state index < -0.39 is 11.7 Å². The molecule has 0 atom stereocenters. The van der Waals surface area contributed by atoms with Crippen LogP contribution in [-0.2, 0) is 11.3 Å². The van der Waals surface area contributed by atoms with Crippen LogP contribution in [0.2, 0.25) is 5.02 Å². The van der Waals surface area contributed by atoms with E-state index in [9.17, 15) is 14.0 Å². The van der Waals surface area contributed by atoms with Crippen LogP contribution in [0.25, 0.3) is 0 Å². The molecule has 3 N–H and O–H groups in total. The van der Waals surface area contributed by atoms with E-state index in [1.165, 1.54) is 18.4 Å². The number of halogens is 2. The van der Waals surface area contributed by atoms with Crippen LogP contribution in [0.3, 0.4) is 0 Å². The van der Waals surface area contributed by atoms with Crippen molar-refractivity contribution in [1.82, 2.24) is 5.32 Å². The van der Waals surface area contributed by atoms with Gasteiger partial charge in [-0.1, -0.05) is 23.7 Å². The molecule has 0 spiro atoms. The van der Waals surface area contributed by atoms with Crippen LogP contribution in [0.15, 0.2) is 65.3 Å². The Hall–Kier alpha value is -3.32. The van der Waals surface area contributed by atoms with Crippen molar-refractivity contribution < 1.29 is 18.4 Å². The van der Waals surface area contributed by atoms with Gasteiger partial charge in [-0.3, -0.25) is 9.59 Å². The molecule has 0 aliphatic carbocycles. The van der Waals surface area contributed by atoms with Crippen molar-refractivity contribution in [3.63, 3.8) is 0 Å². The summed E-state index contributed by atoms with van der Waals surface area (Å²) in [6.45, 7) is 0.0983. The summed E-state index contributed by atoms with van der Waals surface area (Å²) in [6.07, 6.45) is 1.53. The molecular weight excluding hydrogens is 385 g/mol. The number of hydrogen-bond donors (Lipinski definition) is 3. The van der Waals surface area contributed by atoms with Crippen LogP contribution in [0.1, 0.15) is 16.1 Å². The third kappa shape index (κ3) is 5.11. The van der Waals surface area contributed by atoms with Crippen molar-refractivity contribution in [1.29, 1.82) is 0 Å². The second-order valence-electron chi connectivity index (χ2n) is 5.83. The Morgan fingerprint density at radius 2 is 1.86 bits per heavy atom. The van der Waals surface area contributed by atoms with Gasteiger partial charge in [0.2, 0.25) is 5.91 Å². The lowest BCUT2D eigenvalue weighted by molar-refractivity contribution is -0.114. The predicted octanol–water partition coefficient (Wildman–Crippen LogP) is 4.05. The summed E-state index contributed by atoms with van der Waals surface area (Å²) in [5, 5.41) is 8.33. The number of benzene rings is 2. The third-order valence-corrected chi connectivity index (χ3v) is 4.05. The van der Waals surface area contributed by atoms with E-state index in [1.54, 1.807) is 36.4 Å². The molecular formula is C20H17ClFN3O3. The molecule has 144 valence electrons. The van der Waals surface area contributed by atoms with Crippen molar-refractivity contribution in [2.45, 2.75) is 6.54 Å². The van der Waals surface area contributed by atoms with Gasteiger partial charge in [0.1, 0.15) is 11.6 Å². The Morgan fingerprint density at radius 3 is 2.61 bits per heavy atom. The van der Waals surface area contributed by atoms with E-state index in [-0.39, 0.29) is 29.7 Å². The minimum Gasteiger partial charge on any atom is -0.467 e. The van der Waals surface area contributed by atoms with Gasteiger partial charge in [-0.05, 0) is 42.5 Å². The van der Waals surface area contributed by atoms with Gasteiger partial charge < -0.3 is 20.4 Å². The van der Waals surface area contributed by atoms with Crippen molar-refractivity contribution >= 4 is 34.8 Å². The van der Waals surface area contributed by atoms with Gasteiger partial charge in [0.25, 0.3) is 5.91 Å². The number of anilines is 2. The summed E-state index contributed by atoms with van der Waals surface area (Å²) in [7, 11) is 0. The first kappa shape index (κ1) is 19.4. The van der Waals surface area contributed by atoms with E-state index in [4.69, 9.17) is 16.0 Å². The first-order valence-corrected chi connectivity index (χ1v) is 8.79. The van der Waals surface area contributed by atoms with Gasteiger partial charge in [-0.15, -0.1) is 0 Å². The van der Waals surface area contributed by atoms with E-state index in [2.05, 4.69) is 16.0 Å². The molecule has 0 aliphatic heterocycles. The smallest absolute Gasteiger partial charge is 0.253 e. The van der Waals surface area contributed by atoms with Gasteiger partial charge in [-0.2, -0.15) is 0 Å². The number of nitrogens with one attached hydrogen (secondary N) is 3. The zero-order chi connectivity index (χ0) is 19.9. The fourth-order valence-corrected chi connectivity index (χ4v) is 2.63. The number of carbonyl (C=O) groups is 2. The highest BCUT2D eigenvalue weighted by atomic mass is 35.5. The molecule has 1 heterocycles. The molecule has 0 radical (unpaired) electrons. The molecule has 0 aliphatic rings.